The smallest absolute Gasteiger partial charge is 0.191 e. The average molecular weight is 362 g/mol. The topological polar surface area (TPSA) is 68.5 Å². The molecule has 1 aliphatic rings. The van der Waals surface area contributed by atoms with Crippen LogP contribution in [0, 0.1) is 11.6 Å². The third-order valence-corrected chi connectivity index (χ3v) is 4.92. The van der Waals surface area contributed by atoms with E-state index in [4.69, 9.17) is 0 Å². The summed E-state index contributed by atoms with van der Waals surface area (Å²) in [6.07, 6.45) is 0.826. The number of aryl methyl sites for hydroxylation is 1. The van der Waals surface area contributed by atoms with Crippen LogP contribution in [0.3, 0.4) is 0 Å². The fourth-order valence-electron chi connectivity index (χ4n) is 2.83. The first-order chi connectivity index (χ1) is 12.1. The number of hydrogen-bond donors (Lipinski definition) is 1. The average Bonchev–Trinajstić information content (AvgIpc) is 3.25. The summed E-state index contributed by atoms with van der Waals surface area (Å²) in [5.74, 6) is -0.0320. The molecular weight excluding hydrogens is 346 g/mol. The van der Waals surface area contributed by atoms with Crippen molar-refractivity contribution in [1.82, 2.24) is 25.0 Å². The van der Waals surface area contributed by atoms with E-state index in [1.165, 1.54) is 12.1 Å². The normalized spacial score (nSPS) is 19.4. The van der Waals surface area contributed by atoms with Gasteiger partial charge in [0.1, 0.15) is 0 Å². The van der Waals surface area contributed by atoms with Crippen LogP contribution in [-0.2, 0) is 7.05 Å². The van der Waals surface area contributed by atoms with Crippen LogP contribution in [0.4, 0.5) is 14.6 Å². The standard InChI is InChI=1S/C16H16F2N6S/c1-3-25-16-20-14(13-15(21-16)24(2)23-22-13)19-12-7-9(12)8-4-5-10(17)11(18)6-8/h4-6,9,12H,3,7H2,1-2H3,(H,19,20,21)/t9-,12+/m0/s1. The number of fused-ring (bicyclic) bond motifs is 1. The van der Waals surface area contributed by atoms with E-state index in [9.17, 15) is 8.78 Å². The molecule has 2 aromatic heterocycles. The lowest BCUT2D eigenvalue weighted by atomic mass is 10.1. The first-order valence-corrected chi connectivity index (χ1v) is 8.97. The van der Waals surface area contributed by atoms with Gasteiger partial charge in [0.05, 0.1) is 0 Å². The Labute approximate surface area is 147 Å². The summed E-state index contributed by atoms with van der Waals surface area (Å²) in [5, 5.41) is 12.2. The van der Waals surface area contributed by atoms with E-state index in [1.807, 2.05) is 6.92 Å². The fraction of sp³-hybridized carbons (Fsp3) is 0.375. The molecular formula is C16H16F2N6S. The van der Waals surface area contributed by atoms with E-state index >= 15 is 0 Å². The quantitative estimate of drug-likeness (QED) is 0.556. The lowest BCUT2D eigenvalue weighted by Crippen LogP contribution is -2.08. The molecule has 130 valence electrons. The number of nitrogens with zero attached hydrogens (tertiary/aromatic N) is 5. The van der Waals surface area contributed by atoms with Crippen molar-refractivity contribution < 1.29 is 8.78 Å². The fourth-order valence-corrected chi connectivity index (χ4v) is 3.40. The number of halogens is 2. The monoisotopic (exact) mass is 362 g/mol. The Morgan fingerprint density at radius 3 is 2.88 bits per heavy atom. The zero-order valence-corrected chi connectivity index (χ0v) is 14.5. The molecule has 0 saturated heterocycles. The van der Waals surface area contributed by atoms with Gasteiger partial charge in [0, 0.05) is 19.0 Å². The highest BCUT2D eigenvalue weighted by Crippen LogP contribution is 2.43. The number of rotatable bonds is 5. The molecule has 0 amide bonds. The minimum Gasteiger partial charge on any atom is -0.365 e. The Kier molecular flexibility index (Phi) is 4.03. The van der Waals surface area contributed by atoms with Crippen molar-refractivity contribution in [3.05, 3.63) is 35.4 Å². The Hall–Kier alpha value is -2.29. The van der Waals surface area contributed by atoms with Crippen LogP contribution in [0.25, 0.3) is 11.2 Å². The molecule has 4 rings (SSSR count). The van der Waals surface area contributed by atoms with Gasteiger partial charge >= 0.3 is 0 Å². The van der Waals surface area contributed by atoms with Crippen molar-refractivity contribution in [2.45, 2.75) is 30.5 Å². The summed E-state index contributed by atoms with van der Waals surface area (Å²) in [7, 11) is 1.79. The second-order valence-corrected chi connectivity index (χ2v) is 7.17. The molecule has 1 aliphatic carbocycles. The van der Waals surface area contributed by atoms with Gasteiger partial charge < -0.3 is 5.32 Å². The zero-order valence-electron chi connectivity index (χ0n) is 13.7. The Bertz CT molecular complexity index is 944. The summed E-state index contributed by atoms with van der Waals surface area (Å²) in [5.41, 5.74) is 2.06. The van der Waals surface area contributed by atoms with E-state index in [0.717, 1.165) is 17.7 Å². The van der Waals surface area contributed by atoms with Crippen molar-refractivity contribution in [2.75, 3.05) is 11.1 Å². The second kappa shape index (κ2) is 6.21. The first kappa shape index (κ1) is 16.2. The summed E-state index contributed by atoms with van der Waals surface area (Å²) >= 11 is 1.54. The molecule has 2 atom stereocenters. The van der Waals surface area contributed by atoms with Crippen LogP contribution >= 0.6 is 11.8 Å². The number of anilines is 1. The van der Waals surface area contributed by atoms with Crippen molar-refractivity contribution >= 4 is 28.7 Å². The Morgan fingerprint density at radius 1 is 1.28 bits per heavy atom. The van der Waals surface area contributed by atoms with E-state index in [1.54, 1.807) is 29.6 Å². The van der Waals surface area contributed by atoms with Crippen LogP contribution < -0.4 is 5.32 Å². The SMILES string of the molecule is CCSc1nc(N[C@@H]2C[C@H]2c2ccc(F)c(F)c2)c2nnn(C)c2n1. The zero-order chi connectivity index (χ0) is 17.6. The highest BCUT2D eigenvalue weighted by Gasteiger charge is 2.39. The molecule has 1 saturated carbocycles. The van der Waals surface area contributed by atoms with Crippen LogP contribution in [0.5, 0.6) is 0 Å². The maximum atomic E-state index is 13.4. The van der Waals surface area contributed by atoms with Gasteiger partial charge in [-0.05, 0) is 29.9 Å². The number of thioether (sulfide) groups is 1. The van der Waals surface area contributed by atoms with Gasteiger partial charge in [-0.15, -0.1) is 5.10 Å². The third-order valence-electron chi connectivity index (χ3n) is 4.19. The molecule has 1 N–H and O–H groups in total. The Morgan fingerprint density at radius 2 is 2.12 bits per heavy atom. The maximum absolute atomic E-state index is 13.4. The largest absolute Gasteiger partial charge is 0.365 e. The molecule has 25 heavy (non-hydrogen) atoms. The number of nitrogens with one attached hydrogen (secondary N) is 1. The van der Waals surface area contributed by atoms with Gasteiger partial charge in [-0.3, -0.25) is 0 Å². The molecule has 2 heterocycles. The minimum atomic E-state index is -0.827. The highest BCUT2D eigenvalue weighted by molar-refractivity contribution is 7.99. The highest BCUT2D eigenvalue weighted by atomic mass is 32.2. The molecule has 0 aliphatic heterocycles. The van der Waals surface area contributed by atoms with Crippen molar-refractivity contribution in [2.24, 2.45) is 7.05 Å². The van der Waals surface area contributed by atoms with E-state index < -0.39 is 11.6 Å². The van der Waals surface area contributed by atoms with Crippen LogP contribution in [0.2, 0.25) is 0 Å². The summed E-state index contributed by atoms with van der Waals surface area (Å²) in [6, 6.07) is 4.16. The Balaban J connectivity index is 1.60. The molecule has 0 unspecified atom stereocenters. The first-order valence-electron chi connectivity index (χ1n) is 7.98. The summed E-state index contributed by atoms with van der Waals surface area (Å²) in [6.45, 7) is 2.03. The van der Waals surface area contributed by atoms with E-state index in [-0.39, 0.29) is 12.0 Å². The van der Waals surface area contributed by atoms with Gasteiger partial charge in [-0.25, -0.2) is 23.4 Å². The van der Waals surface area contributed by atoms with Crippen LogP contribution in [0.1, 0.15) is 24.8 Å². The minimum absolute atomic E-state index is 0.101. The van der Waals surface area contributed by atoms with Crippen LogP contribution in [-0.4, -0.2) is 36.8 Å². The van der Waals surface area contributed by atoms with Crippen molar-refractivity contribution in [3.63, 3.8) is 0 Å². The molecule has 1 aromatic carbocycles. The molecule has 3 aromatic rings. The van der Waals surface area contributed by atoms with Gasteiger partial charge in [0.15, 0.2) is 33.8 Å². The molecule has 9 heteroatoms. The molecule has 0 radical (unpaired) electrons. The lowest BCUT2D eigenvalue weighted by molar-refractivity contribution is 0.507. The predicted octanol–water partition coefficient (Wildman–Crippen LogP) is 3.12. The van der Waals surface area contributed by atoms with Gasteiger partial charge in [0.25, 0.3) is 0 Å². The number of aromatic nitrogens is 5. The van der Waals surface area contributed by atoms with Crippen molar-refractivity contribution in [1.29, 1.82) is 0 Å². The summed E-state index contributed by atoms with van der Waals surface area (Å²) in [4.78, 5) is 9.00. The van der Waals surface area contributed by atoms with Gasteiger partial charge in [0.2, 0.25) is 0 Å². The maximum Gasteiger partial charge on any atom is 0.191 e. The van der Waals surface area contributed by atoms with Crippen LogP contribution in [0.15, 0.2) is 23.4 Å². The molecule has 0 bridgehead atoms. The van der Waals surface area contributed by atoms with Gasteiger partial charge in [-0.2, -0.15) is 0 Å². The van der Waals surface area contributed by atoms with E-state index in [2.05, 4.69) is 25.6 Å². The molecule has 0 spiro atoms. The third kappa shape index (κ3) is 3.04. The van der Waals surface area contributed by atoms with Crippen molar-refractivity contribution in [3.8, 4) is 0 Å². The predicted molar refractivity (Wildman–Crippen MR) is 91.6 cm³/mol. The number of hydrogen-bond acceptors (Lipinski definition) is 6. The molecule has 6 nitrogen and oxygen atoms in total. The number of benzene rings is 1. The second-order valence-electron chi connectivity index (χ2n) is 5.94. The summed E-state index contributed by atoms with van der Waals surface area (Å²) < 4.78 is 28.1. The lowest BCUT2D eigenvalue weighted by Gasteiger charge is -2.08. The molecule has 1 fully saturated rings. The van der Waals surface area contributed by atoms with E-state index in [0.29, 0.717) is 22.1 Å². The van der Waals surface area contributed by atoms with Gasteiger partial charge in [-0.1, -0.05) is 30.0 Å².